The molecule has 1 heterocycles. The maximum Gasteiger partial charge on any atom is 0.213 e. The van der Waals surface area contributed by atoms with Crippen molar-refractivity contribution in [1.82, 2.24) is 19.8 Å². The molecule has 0 aliphatic heterocycles. The average Bonchev–Trinajstić information content (AvgIpc) is 2.68. The lowest BCUT2D eigenvalue weighted by molar-refractivity contribution is 0.576. The van der Waals surface area contributed by atoms with E-state index in [1.807, 2.05) is 6.92 Å². The SMILES string of the molecule is CCCNCCS(=O)(=O)NCc1cnn(C)c1. The topological polar surface area (TPSA) is 76.0 Å². The van der Waals surface area contributed by atoms with E-state index in [1.165, 1.54) is 0 Å². The molecular formula is C10H20N4O2S. The van der Waals surface area contributed by atoms with E-state index in [0.29, 0.717) is 13.1 Å². The fraction of sp³-hybridized carbons (Fsp3) is 0.700. The van der Waals surface area contributed by atoms with Gasteiger partial charge < -0.3 is 5.32 Å². The van der Waals surface area contributed by atoms with E-state index in [2.05, 4.69) is 15.1 Å². The van der Waals surface area contributed by atoms with Gasteiger partial charge in [0.05, 0.1) is 11.9 Å². The van der Waals surface area contributed by atoms with Gasteiger partial charge in [0, 0.05) is 31.9 Å². The largest absolute Gasteiger partial charge is 0.316 e. The molecule has 0 spiro atoms. The van der Waals surface area contributed by atoms with E-state index >= 15 is 0 Å². The molecule has 0 atom stereocenters. The van der Waals surface area contributed by atoms with Crippen LogP contribution in [0.15, 0.2) is 12.4 Å². The zero-order valence-electron chi connectivity index (χ0n) is 10.3. The minimum absolute atomic E-state index is 0.104. The summed E-state index contributed by atoms with van der Waals surface area (Å²) in [5.74, 6) is 0.104. The highest BCUT2D eigenvalue weighted by Crippen LogP contribution is 1.96. The smallest absolute Gasteiger partial charge is 0.213 e. The van der Waals surface area contributed by atoms with E-state index in [4.69, 9.17) is 0 Å². The van der Waals surface area contributed by atoms with E-state index < -0.39 is 10.0 Å². The summed E-state index contributed by atoms with van der Waals surface area (Å²) in [6.45, 7) is 3.67. The molecule has 17 heavy (non-hydrogen) atoms. The monoisotopic (exact) mass is 260 g/mol. The third-order valence-corrected chi connectivity index (χ3v) is 3.55. The highest BCUT2D eigenvalue weighted by Gasteiger charge is 2.09. The van der Waals surface area contributed by atoms with Gasteiger partial charge in [0.25, 0.3) is 0 Å². The summed E-state index contributed by atoms with van der Waals surface area (Å²) in [5, 5.41) is 7.03. The molecule has 0 unspecified atom stereocenters. The van der Waals surface area contributed by atoms with Crippen molar-refractivity contribution < 1.29 is 8.42 Å². The molecule has 1 aromatic heterocycles. The molecule has 1 aromatic rings. The third kappa shape index (κ3) is 5.81. The van der Waals surface area contributed by atoms with E-state index in [0.717, 1.165) is 18.5 Å². The Hall–Kier alpha value is -0.920. The highest BCUT2D eigenvalue weighted by atomic mass is 32.2. The molecule has 0 aliphatic carbocycles. The standard InChI is InChI=1S/C10H20N4O2S/c1-3-4-11-5-6-17(15,16)13-8-10-7-12-14(2)9-10/h7,9,11,13H,3-6,8H2,1-2H3. The van der Waals surface area contributed by atoms with Gasteiger partial charge in [-0.25, -0.2) is 13.1 Å². The van der Waals surface area contributed by atoms with Crippen molar-refractivity contribution in [2.24, 2.45) is 7.05 Å². The molecule has 0 amide bonds. The lowest BCUT2D eigenvalue weighted by Crippen LogP contribution is -2.31. The summed E-state index contributed by atoms with van der Waals surface area (Å²) in [6.07, 6.45) is 4.44. The molecule has 1 rings (SSSR count). The fourth-order valence-corrected chi connectivity index (χ4v) is 2.28. The summed E-state index contributed by atoms with van der Waals surface area (Å²) < 4.78 is 27.4. The van der Waals surface area contributed by atoms with Crippen LogP contribution < -0.4 is 10.0 Å². The molecule has 0 fully saturated rings. The minimum Gasteiger partial charge on any atom is -0.316 e. The number of nitrogens with one attached hydrogen (secondary N) is 2. The van der Waals surface area contributed by atoms with E-state index in [1.54, 1.807) is 24.1 Å². The van der Waals surface area contributed by atoms with Crippen molar-refractivity contribution in [3.63, 3.8) is 0 Å². The van der Waals surface area contributed by atoms with Crippen LogP contribution in [0.5, 0.6) is 0 Å². The molecule has 0 aliphatic rings. The molecule has 6 nitrogen and oxygen atoms in total. The lowest BCUT2D eigenvalue weighted by Gasteiger charge is -2.06. The Morgan fingerprint density at radius 2 is 2.18 bits per heavy atom. The van der Waals surface area contributed by atoms with Crippen LogP contribution in [0.25, 0.3) is 0 Å². The first-order chi connectivity index (χ1) is 8.03. The van der Waals surface area contributed by atoms with Gasteiger partial charge in [0.2, 0.25) is 10.0 Å². The van der Waals surface area contributed by atoms with Crippen molar-refractivity contribution in [3.05, 3.63) is 18.0 Å². The number of hydrogen-bond acceptors (Lipinski definition) is 4. The van der Waals surface area contributed by atoms with Crippen LogP contribution in [0.2, 0.25) is 0 Å². The predicted octanol–water partition coefficient (Wildman–Crippen LogP) is -0.161. The van der Waals surface area contributed by atoms with Crippen LogP contribution in [-0.2, 0) is 23.6 Å². The first kappa shape index (κ1) is 14.1. The summed E-state index contributed by atoms with van der Waals surface area (Å²) >= 11 is 0. The van der Waals surface area contributed by atoms with Gasteiger partial charge in [-0.05, 0) is 13.0 Å². The zero-order valence-corrected chi connectivity index (χ0v) is 11.1. The Kier molecular flexibility index (Phi) is 5.60. The van der Waals surface area contributed by atoms with Gasteiger partial charge in [-0.3, -0.25) is 4.68 Å². The second-order valence-electron chi connectivity index (χ2n) is 3.91. The normalized spacial score (nSPS) is 11.9. The Balaban J connectivity index is 2.29. The Bertz CT molecular complexity index is 427. The summed E-state index contributed by atoms with van der Waals surface area (Å²) in [4.78, 5) is 0. The Labute approximate surface area is 102 Å². The van der Waals surface area contributed by atoms with Crippen molar-refractivity contribution in [2.45, 2.75) is 19.9 Å². The third-order valence-electron chi connectivity index (χ3n) is 2.23. The first-order valence-corrected chi connectivity index (χ1v) is 7.34. The maximum absolute atomic E-state index is 11.6. The van der Waals surface area contributed by atoms with E-state index in [9.17, 15) is 8.42 Å². The van der Waals surface area contributed by atoms with Crippen molar-refractivity contribution in [2.75, 3.05) is 18.8 Å². The molecule has 98 valence electrons. The summed E-state index contributed by atoms with van der Waals surface area (Å²) in [5.41, 5.74) is 0.859. The van der Waals surface area contributed by atoms with E-state index in [-0.39, 0.29) is 5.75 Å². The van der Waals surface area contributed by atoms with Gasteiger partial charge in [0.15, 0.2) is 0 Å². The molecule has 0 bridgehead atoms. The number of aryl methyl sites for hydroxylation is 1. The van der Waals surface area contributed by atoms with Crippen molar-refractivity contribution >= 4 is 10.0 Å². The van der Waals surface area contributed by atoms with Gasteiger partial charge in [-0.1, -0.05) is 6.92 Å². The molecular weight excluding hydrogens is 240 g/mol. The van der Waals surface area contributed by atoms with Gasteiger partial charge in [-0.15, -0.1) is 0 Å². The lowest BCUT2D eigenvalue weighted by atomic mass is 10.4. The zero-order chi connectivity index (χ0) is 12.7. The molecule has 0 aromatic carbocycles. The number of hydrogen-bond donors (Lipinski definition) is 2. The van der Waals surface area contributed by atoms with Crippen LogP contribution in [0.4, 0.5) is 0 Å². The van der Waals surface area contributed by atoms with Gasteiger partial charge >= 0.3 is 0 Å². The fourth-order valence-electron chi connectivity index (χ4n) is 1.34. The Morgan fingerprint density at radius 1 is 1.41 bits per heavy atom. The van der Waals surface area contributed by atoms with Crippen LogP contribution in [0, 0.1) is 0 Å². The van der Waals surface area contributed by atoms with Crippen molar-refractivity contribution in [3.8, 4) is 0 Å². The molecule has 2 N–H and O–H groups in total. The second-order valence-corrected chi connectivity index (χ2v) is 5.84. The quantitative estimate of drug-likeness (QED) is 0.637. The van der Waals surface area contributed by atoms with Crippen LogP contribution in [0.3, 0.4) is 0 Å². The van der Waals surface area contributed by atoms with Crippen LogP contribution in [0.1, 0.15) is 18.9 Å². The van der Waals surface area contributed by atoms with Crippen molar-refractivity contribution in [1.29, 1.82) is 0 Å². The second kappa shape index (κ2) is 6.73. The number of nitrogens with zero attached hydrogens (tertiary/aromatic N) is 2. The summed E-state index contributed by atoms with van der Waals surface area (Å²) in [7, 11) is -1.40. The maximum atomic E-state index is 11.6. The van der Waals surface area contributed by atoms with Crippen LogP contribution >= 0.6 is 0 Å². The number of aromatic nitrogens is 2. The summed E-state index contributed by atoms with van der Waals surface area (Å²) in [6, 6.07) is 0. The minimum atomic E-state index is -3.20. The number of sulfonamides is 1. The number of rotatable bonds is 8. The molecule has 0 radical (unpaired) electrons. The first-order valence-electron chi connectivity index (χ1n) is 5.69. The molecule has 7 heteroatoms. The predicted molar refractivity (Wildman–Crippen MR) is 67.0 cm³/mol. The molecule has 0 saturated carbocycles. The van der Waals surface area contributed by atoms with Gasteiger partial charge in [-0.2, -0.15) is 5.10 Å². The highest BCUT2D eigenvalue weighted by molar-refractivity contribution is 7.89. The van der Waals surface area contributed by atoms with Crippen LogP contribution in [-0.4, -0.2) is 37.0 Å². The molecule has 0 saturated heterocycles. The average molecular weight is 260 g/mol. The van der Waals surface area contributed by atoms with Gasteiger partial charge in [0.1, 0.15) is 0 Å². The Morgan fingerprint density at radius 3 is 2.76 bits per heavy atom.